The zero-order chi connectivity index (χ0) is 15.4. The van der Waals surface area contributed by atoms with E-state index in [-0.39, 0.29) is 10.3 Å². The molecule has 1 saturated heterocycles. The highest BCUT2D eigenvalue weighted by Gasteiger charge is 2.56. The van der Waals surface area contributed by atoms with E-state index in [1.54, 1.807) is 10.5 Å². The van der Waals surface area contributed by atoms with Crippen molar-refractivity contribution >= 4 is 23.4 Å². The van der Waals surface area contributed by atoms with Crippen LogP contribution in [-0.2, 0) is 0 Å². The molecule has 120 valence electrons. The Bertz CT molecular complexity index is 591. The molecule has 1 saturated carbocycles. The molecule has 3 N–H and O–H groups in total. The van der Waals surface area contributed by atoms with E-state index in [2.05, 4.69) is 29.7 Å². The fourth-order valence-electron chi connectivity index (χ4n) is 4.55. The van der Waals surface area contributed by atoms with E-state index < -0.39 is 0 Å². The first-order chi connectivity index (χ1) is 10.6. The van der Waals surface area contributed by atoms with E-state index in [9.17, 15) is 0 Å². The number of likely N-dealkylation sites (N-methyl/N-ethyl adjacent to an activating group) is 1. The monoisotopic (exact) mass is 337 g/mol. The predicted molar refractivity (Wildman–Crippen MR) is 94.1 cm³/mol. The maximum atomic E-state index is 6.29. The van der Waals surface area contributed by atoms with Gasteiger partial charge in [-0.05, 0) is 51.1 Å². The van der Waals surface area contributed by atoms with E-state index in [1.807, 2.05) is 11.8 Å². The molecule has 0 aromatic heterocycles. The van der Waals surface area contributed by atoms with Gasteiger partial charge < -0.3 is 16.0 Å². The Kier molecular flexibility index (Phi) is 3.65. The molecular weight excluding hydrogens is 314 g/mol. The van der Waals surface area contributed by atoms with Crippen molar-refractivity contribution in [2.24, 2.45) is 11.1 Å². The summed E-state index contributed by atoms with van der Waals surface area (Å²) >= 11 is 8.29. The lowest BCUT2D eigenvalue weighted by molar-refractivity contribution is 0.267. The molecule has 0 radical (unpaired) electrons. The Morgan fingerprint density at radius 3 is 2.95 bits per heavy atom. The highest BCUT2D eigenvalue weighted by Crippen LogP contribution is 2.66. The fraction of sp³-hybridized carbons (Fsp3) is 0.647. The number of thioether (sulfide) groups is 1. The van der Waals surface area contributed by atoms with Crippen LogP contribution < -0.4 is 11.1 Å². The van der Waals surface area contributed by atoms with Gasteiger partial charge in [-0.3, -0.25) is 0 Å². The van der Waals surface area contributed by atoms with Crippen molar-refractivity contribution in [1.82, 2.24) is 10.2 Å². The summed E-state index contributed by atoms with van der Waals surface area (Å²) in [6.45, 7) is 0.677. The first kappa shape index (κ1) is 15.1. The molecule has 3 heterocycles. The minimum absolute atomic E-state index is 0.0142. The summed E-state index contributed by atoms with van der Waals surface area (Å²) in [4.78, 5) is 3.86. The Morgan fingerprint density at radius 1 is 1.32 bits per heavy atom. The molecule has 1 spiro atoms. The van der Waals surface area contributed by atoms with Gasteiger partial charge in [0.25, 0.3) is 0 Å². The van der Waals surface area contributed by atoms with Crippen molar-refractivity contribution in [3.05, 3.63) is 33.6 Å². The molecule has 3 aliphatic heterocycles. The molecule has 22 heavy (non-hydrogen) atoms. The SMILES string of the molecule is CNC1(CN)CC23CCCCC2=CN2C=C(Cl)CCC2=C3S1. The second kappa shape index (κ2) is 5.30. The Labute approximate surface area is 142 Å². The molecular formula is C17H24ClN3S. The van der Waals surface area contributed by atoms with Crippen LogP contribution in [0.2, 0.25) is 0 Å². The lowest BCUT2D eigenvalue weighted by atomic mass is 9.65. The molecule has 2 unspecified atom stereocenters. The second-order valence-electron chi connectivity index (χ2n) is 6.93. The van der Waals surface area contributed by atoms with Crippen LogP contribution in [0.15, 0.2) is 33.6 Å². The number of halogens is 1. The van der Waals surface area contributed by atoms with Gasteiger partial charge in [0.2, 0.25) is 0 Å². The third-order valence-corrected chi connectivity index (χ3v) is 7.79. The summed E-state index contributed by atoms with van der Waals surface area (Å²) in [6, 6.07) is 0. The van der Waals surface area contributed by atoms with Crippen molar-refractivity contribution < 1.29 is 0 Å². The average Bonchev–Trinajstić information content (AvgIpc) is 2.88. The number of nitrogens with one attached hydrogen (secondary N) is 1. The summed E-state index contributed by atoms with van der Waals surface area (Å²) in [5, 5.41) is 4.50. The van der Waals surface area contributed by atoms with E-state index in [0.29, 0.717) is 6.54 Å². The van der Waals surface area contributed by atoms with Crippen LogP contribution in [0.1, 0.15) is 44.9 Å². The average molecular weight is 338 g/mol. The number of allylic oxidation sites excluding steroid dienone is 4. The van der Waals surface area contributed by atoms with Crippen LogP contribution in [0.5, 0.6) is 0 Å². The van der Waals surface area contributed by atoms with Crippen molar-refractivity contribution in [2.45, 2.75) is 49.8 Å². The van der Waals surface area contributed by atoms with Gasteiger partial charge in [0.15, 0.2) is 0 Å². The minimum atomic E-state index is -0.0142. The topological polar surface area (TPSA) is 41.3 Å². The summed E-state index contributed by atoms with van der Waals surface area (Å²) in [5.74, 6) is 0. The maximum absolute atomic E-state index is 6.29. The first-order valence-electron chi connectivity index (χ1n) is 8.30. The Hall–Kier alpha value is -0.420. The van der Waals surface area contributed by atoms with Gasteiger partial charge >= 0.3 is 0 Å². The number of hydrogen-bond acceptors (Lipinski definition) is 4. The molecule has 0 aromatic carbocycles. The molecule has 2 fully saturated rings. The molecule has 0 amide bonds. The highest BCUT2D eigenvalue weighted by molar-refractivity contribution is 8.04. The lowest BCUT2D eigenvalue weighted by Gasteiger charge is -2.44. The number of fused-ring (bicyclic) bond motifs is 1. The number of rotatable bonds is 2. The second-order valence-corrected chi connectivity index (χ2v) is 8.81. The zero-order valence-corrected chi connectivity index (χ0v) is 14.7. The summed E-state index contributed by atoms with van der Waals surface area (Å²) in [7, 11) is 2.06. The van der Waals surface area contributed by atoms with E-state index in [1.165, 1.54) is 31.4 Å². The standard InChI is InChI=1S/C17H24ClN3S/c1-20-17(11-19)10-16-7-3-2-4-12(16)8-21-9-13(18)5-6-14(21)15(16)22-17/h8-9,20H,2-7,10-11,19H2,1H3. The highest BCUT2D eigenvalue weighted by atomic mass is 35.5. The Morgan fingerprint density at radius 2 is 2.18 bits per heavy atom. The largest absolute Gasteiger partial charge is 0.328 e. The lowest BCUT2D eigenvalue weighted by Crippen LogP contribution is -2.46. The number of nitrogens with two attached hydrogens (primary N) is 1. The van der Waals surface area contributed by atoms with Crippen molar-refractivity contribution in [3.8, 4) is 0 Å². The third-order valence-electron chi connectivity index (χ3n) is 5.77. The minimum Gasteiger partial charge on any atom is -0.328 e. The van der Waals surface area contributed by atoms with Gasteiger partial charge in [0, 0.05) is 40.0 Å². The van der Waals surface area contributed by atoms with Crippen LogP contribution >= 0.6 is 23.4 Å². The number of hydrogen-bond donors (Lipinski definition) is 2. The Balaban J connectivity index is 1.86. The van der Waals surface area contributed by atoms with E-state index in [4.69, 9.17) is 17.3 Å². The van der Waals surface area contributed by atoms with Crippen molar-refractivity contribution in [2.75, 3.05) is 13.6 Å². The predicted octanol–water partition coefficient (Wildman–Crippen LogP) is 3.84. The van der Waals surface area contributed by atoms with Gasteiger partial charge in [-0.15, -0.1) is 11.8 Å². The maximum Gasteiger partial charge on any atom is 0.0822 e. The molecule has 5 heteroatoms. The van der Waals surface area contributed by atoms with Gasteiger partial charge in [0.1, 0.15) is 0 Å². The molecule has 4 aliphatic rings. The quantitative estimate of drug-likeness (QED) is 0.803. The first-order valence-corrected chi connectivity index (χ1v) is 9.49. The van der Waals surface area contributed by atoms with Gasteiger partial charge in [-0.2, -0.15) is 0 Å². The van der Waals surface area contributed by atoms with Crippen molar-refractivity contribution in [1.29, 1.82) is 0 Å². The molecule has 3 nitrogen and oxygen atoms in total. The summed E-state index contributed by atoms with van der Waals surface area (Å²) < 4.78 is 0. The fourth-order valence-corrected chi connectivity index (χ4v) is 6.47. The van der Waals surface area contributed by atoms with E-state index in [0.717, 1.165) is 24.3 Å². The summed E-state index contributed by atoms with van der Waals surface area (Å²) in [5.41, 5.74) is 9.47. The van der Waals surface area contributed by atoms with Gasteiger partial charge in [0.05, 0.1) is 4.87 Å². The number of nitrogens with zero attached hydrogens (tertiary/aromatic N) is 1. The molecule has 0 bridgehead atoms. The van der Waals surface area contributed by atoms with Crippen LogP contribution in [0.3, 0.4) is 0 Å². The van der Waals surface area contributed by atoms with E-state index >= 15 is 0 Å². The smallest absolute Gasteiger partial charge is 0.0822 e. The normalized spacial score (nSPS) is 37.3. The van der Waals surface area contributed by atoms with Gasteiger partial charge in [-0.25, -0.2) is 0 Å². The molecule has 2 atom stereocenters. The van der Waals surface area contributed by atoms with Gasteiger partial charge in [-0.1, -0.05) is 18.0 Å². The molecule has 1 aliphatic carbocycles. The van der Waals surface area contributed by atoms with Crippen LogP contribution in [0.25, 0.3) is 0 Å². The van der Waals surface area contributed by atoms with Crippen LogP contribution in [-0.4, -0.2) is 23.4 Å². The molecule has 4 rings (SSSR count). The third kappa shape index (κ3) is 2.04. The van der Waals surface area contributed by atoms with Crippen molar-refractivity contribution in [3.63, 3.8) is 0 Å². The van der Waals surface area contributed by atoms with Crippen LogP contribution in [0.4, 0.5) is 0 Å². The molecule has 0 aromatic rings. The summed E-state index contributed by atoms with van der Waals surface area (Å²) in [6.07, 6.45) is 12.8. The zero-order valence-electron chi connectivity index (χ0n) is 13.1. The van der Waals surface area contributed by atoms with Crippen LogP contribution in [0, 0.1) is 5.41 Å².